The summed E-state index contributed by atoms with van der Waals surface area (Å²) >= 11 is 5.86. The lowest BCUT2D eigenvalue weighted by atomic mass is 9.82. The van der Waals surface area contributed by atoms with E-state index in [2.05, 4.69) is 13.0 Å². The molecule has 0 amide bonds. The lowest BCUT2D eigenvalue weighted by Crippen LogP contribution is -2.25. The number of hydrogen-bond acceptors (Lipinski definition) is 2. The molecule has 0 saturated carbocycles. The molecule has 1 aromatic rings. The number of hydrogen-bond donors (Lipinski definition) is 1. The second-order valence-electron chi connectivity index (χ2n) is 5.81. The van der Waals surface area contributed by atoms with Gasteiger partial charge in [-0.15, -0.1) is 11.6 Å². The summed E-state index contributed by atoms with van der Waals surface area (Å²) < 4.78 is 0. The zero-order valence-corrected chi connectivity index (χ0v) is 12.6. The van der Waals surface area contributed by atoms with Crippen molar-refractivity contribution in [3.8, 4) is 0 Å². The van der Waals surface area contributed by atoms with E-state index in [0.717, 1.165) is 29.5 Å². The van der Waals surface area contributed by atoms with Crippen LogP contribution in [0.1, 0.15) is 46.0 Å². The Bertz CT molecular complexity index is 522. The number of aliphatic hydroxyl groups is 1. The molecule has 19 heavy (non-hydrogen) atoms. The second kappa shape index (κ2) is 5.26. The van der Waals surface area contributed by atoms with Crippen LogP contribution >= 0.6 is 11.6 Å². The van der Waals surface area contributed by atoms with Gasteiger partial charge in [-0.25, -0.2) is 0 Å². The predicted octanol–water partition coefficient (Wildman–Crippen LogP) is 3.21. The maximum atomic E-state index is 12.7. The molecule has 0 fully saturated rings. The molecule has 0 spiro atoms. The van der Waals surface area contributed by atoms with Crippen LogP contribution in [0.3, 0.4) is 0 Å². The molecule has 1 aliphatic carbocycles. The third kappa shape index (κ3) is 2.32. The van der Waals surface area contributed by atoms with Crippen molar-refractivity contribution in [2.24, 2.45) is 5.41 Å². The van der Waals surface area contributed by atoms with Crippen LogP contribution in [0.5, 0.6) is 0 Å². The molecule has 104 valence electrons. The molecule has 0 aromatic heterocycles. The standard InChI is InChI=1S/C16H21ClO2/c1-10-8-12-9-16(3,5-7-18)15(19)14(12)11(2)13(10)4-6-17/h8,18H,4-7,9H2,1-3H3/t16-/m1/s1. The molecule has 1 aromatic carbocycles. The zero-order chi connectivity index (χ0) is 14.2. The largest absolute Gasteiger partial charge is 0.396 e. The minimum atomic E-state index is -0.437. The molecular weight excluding hydrogens is 260 g/mol. The number of carbonyl (C=O) groups excluding carboxylic acids is 1. The first kappa shape index (κ1) is 14.5. The molecule has 1 aliphatic rings. The summed E-state index contributed by atoms with van der Waals surface area (Å²) in [6.07, 6.45) is 2.07. The van der Waals surface area contributed by atoms with Gasteiger partial charge in [-0.05, 0) is 55.4 Å². The van der Waals surface area contributed by atoms with Gasteiger partial charge < -0.3 is 5.11 Å². The average Bonchev–Trinajstić information content (AvgIpc) is 2.57. The van der Waals surface area contributed by atoms with Gasteiger partial charge in [0.1, 0.15) is 0 Å². The van der Waals surface area contributed by atoms with Gasteiger partial charge in [0.2, 0.25) is 0 Å². The van der Waals surface area contributed by atoms with E-state index in [1.165, 1.54) is 11.1 Å². The number of carbonyl (C=O) groups is 1. The molecule has 0 aliphatic heterocycles. The molecule has 0 bridgehead atoms. The number of alkyl halides is 1. The van der Waals surface area contributed by atoms with Crippen molar-refractivity contribution in [1.82, 2.24) is 0 Å². The highest BCUT2D eigenvalue weighted by Gasteiger charge is 2.42. The van der Waals surface area contributed by atoms with Gasteiger partial charge in [-0.2, -0.15) is 0 Å². The molecule has 0 unspecified atom stereocenters. The number of rotatable bonds is 4. The molecule has 3 heteroatoms. The van der Waals surface area contributed by atoms with Crippen molar-refractivity contribution in [2.45, 2.75) is 40.0 Å². The fourth-order valence-electron chi connectivity index (χ4n) is 3.29. The van der Waals surface area contributed by atoms with Crippen molar-refractivity contribution in [1.29, 1.82) is 0 Å². The van der Waals surface area contributed by atoms with Crippen molar-refractivity contribution in [3.05, 3.63) is 33.9 Å². The first-order valence-electron chi connectivity index (χ1n) is 6.78. The van der Waals surface area contributed by atoms with Gasteiger partial charge in [-0.1, -0.05) is 13.0 Å². The summed E-state index contributed by atoms with van der Waals surface area (Å²) in [5.41, 5.74) is 5.08. The topological polar surface area (TPSA) is 37.3 Å². The lowest BCUT2D eigenvalue weighted by molar-refractivity contribution is 0.0796. The van der Waals surface area contributed by atoms with E-state index in [0.29, 0.717) is 12.3 Å². The quantitative estimate of drug-likeness (QED) is 0.860. The van der Waals surface area contributed by atoms with E-state index in [9.17, 15) is 9.90 Å². The second-order valence-corrected chi connectivity index (χ2v) is 6.19. The van der Waals surface area contributed by atoms with Crippen LogP contribution in [0, 0.1) is 19.3 Å². The Labute approximate surface area is 119 Å². The van der Waals surface area contributed by atoms with Gasteiger partial charge in [-0.3, -0.25) is 4.79 Å². The van der Waals surface area contributed by atoms with Gasteiger partial charge in [0.25, 0.3) is 0 Å². The number of aliphatic hydroxyl groups excluding tert-OH is 1. The Hall–Kier alpha value is -0.860. The molecule has 0 heterocycles. The minimum Gasteiger partial charge on any atom is -0.396 e. The van der Waals surface area contributed by atoms with Crippen LogP contribution in [0.15, 0.2) is 6.07 Å². The number of benzene rings is 1. The highest BCUT2D eigenvalue weighted by molar-refractivity contribution is 6.18. The summed E-state index contributed by atoms with van der Waals surface area (Å²) in [6.45, 7) is 6.13. The summed E-state index contributed by atoms with van der Waals surface area (Å²) in [4.78, 5) is 12.7. The van der Waals surface area contributed by atoms with Gasteiger partial charge in [0.05, 0.1) is 0 Å². The van der Waals surface area contributed by atoms with E-state index in [-0.39, 0.29) is 12.4 Å². The van der Waals surface area contributed by atoms with Crippen LogP contribution in [-0.4, -0.2) is 23.4 Å². The fourth-order valence-corrected chi connectivity index (χ4v) is 3.48. The molecule has 2 rings (SSSR count). The Morgan fingerprint density at radius 1 is 1.42 bits per heavy atom. The Kier molecular flexibility index (Phi) is 4.03. The van der Waals surface area contributed by atoms with Gasteiger partial charge >= 0.3 is 0 Å². The Morgan fingerprint density at radius 3 is 2.68 bits per heavy atom. The number of fused-ring (bicyclic) bond motifs is 1. The minimum absolute atomic E-state index is 0.0583. The normalized spacial score (nSPS) is 21.8. The van der Waals surface area contributed by atoms with Crippen LogP contribution in [0.25, 0.3) is 0 Å². The first-order chi connectivity index (χ1) is 8.94. The third-order valence-electron chi connectivity index (χ3n) is 4.38. The number of ketones is 1. The molecule has 0 saturated heterocycles. The van der Waals surface area contributed by atoms with Crippen molar-refractivity contribution in [3.63, 3.8) is 0 Å². The number of aryl methyl sites for hydroxylation is 1. The van der Waals surface area contributed by atoms with Crippen LogP contribution < -0.4 is 0 Å². The van der Waals surface area contributed by atoms with Gasteiger partial charge in [0, 0.05) is 23.5 Å². The Balaban J connectivity index is 2.52. The van der Waals surface area contributed by atoms with Gasteiger partial charge in [0.15, 0.2) is 5.78 Å². The van der Waals surface area contributed by atoms with E-state index in [1.807, 2.05) is 13.8 Å². The maximum absolute atomic E-state index is 12.7. The molecular formula is C16H21ClO2. The number of Topliss-reactive ketones (excluding diaryl/α,β-unsaturated/α-hetero) is 1. The van der Waals surface area contributed by atoms with E-state index >= 15 is 0 Å². The summed E-state index contributed by atoms with van der Waals surface area (Å²) in [7, 11) is 0. The average molecular weight is 281 g/mol. The Morgan fingerprint density at radius 2 is 2.11 bits per heavy atom. The fraction of sp³-hybridized carbons (Fsp3) is 0.562. The van der Waals surface area contributed by atoms with Crippen molar-refractivity contribution in [2.75, 3.05) is 12.5 Å². The molecule has 1 N–H and O–H groups in total. The van der Waals surface area contributed by atoms with Crippen molar-refractivity contribution < 1.29 is 9.90 Å². The SMILES string of the molecule is Cc1cc2c(c(C)c1CCCl)C(=O)[C@](C)(CCO)C2. The first-order valence-corrected chi connectivity index (χ1v) is 7.31. The zero-order valence-electron chi connectivity index (χ0n) is 11.8. The van der Waals surface area contributed by atoms with E-state index in [1.54, 1.807) is 0 Å². The molecule has 2 nitrogen and oxygen atoms in total. The smallest absolute Gasteiger partial charge is 0.169 e. The van der Waals surface area contributed by atoms with E-state index in [4.69, 9.17) is 11.6 Å². The van der Waals surface area contributed by atoms with Crippen LogP contribution in [0.4, 0.5) is 0 Å². The highest BCUT2D eigenvalue weighted by atomic mass is 35.5. The van der Waals surface area contributed by atoms with Crippen molar-refractivity contribution >= 4 is 17.4 Å². The third-order valence-corrected chi connectivity index (χ3v) is 4.57. The monoisotopic (exact) mass is 280 g/mol. The number of halogens is 1. The van der Waals surface area contributed by atoms with Crippen LogP contribution in [-0.2, 0) is 12.8 Å². The highest BCUT2D eigenvalue weighted by Crippen LogP contribution is 2.42. The summed E-state index contributed by atoms with van der Waals surface area (Å²) in [5, 5.41) is 9.18. The van der Waals surface area contributed by atoms with Crippen LogP contribution in [0.2, 0.25) is 0 Å². The predicted molar refractivity (Wildman–Crippen MR) is 78.2 cm³/mol. The molecule has 0 radical (unpaired) electrons. The summed E-state index contributed by atoms with van der Waals surface area (Å²) in [6, 6.07) is 2.13. The lowest BCUT2D eigenvalue weighted by Gasteiger charge is -2.20. The summed E-state index contributed by atoms with van der Waals surface area (Å²) in [5.74, 6) is 0.757. The molecule has 1 atom stereocenters. The van der Waals surface area contributed by atoms with E-state index < -0.39 is 5.41 Å². The maximum Gasteiger partial charge on any atom is 0.169 e.